The van der Waals surface area contributed by atoms with Crippen LogP contribution in [0.15, 0.2) is 0 Å². The van der Waals surface area contributed by atoms with Crippen molar-refractivity contribution in [2.45, 2.75) is 464 Å². The molecule has 0 amide bonds. The van der Waals surface area contributed by atoms with Gasteiger partial charge in [-0.05, 0) is 37.5 Å². The molecule has 0 spiro atoms. The van der Waals surface area contributed by atoms with Crippen LogP contribution in [0.2, 0.25) is 0 Å². The lowest BCUT2D eigenvalue weighted by molar-refractivity contribution is -0.161. The third-order valence-corrected chi connectivity index (χ3v) is 21.6. The minimum absolute atomic E-state index is 0.107. The van der Waals surface area contributed by atoms with Crippen LogP contribution in [0.3, 0.4) is 0 Å². The van der Waals surface area contributed by atoms with Gasteiger partial charge < -0.3 is 33.8 Å². The van der Waals surface area contributed by atoms with E-state index in [1.165, 1.54) is 250 Å². The number of carbonyl (C=O) groups is 4. The number of ether oxygens (including phenoxy) is 4. The highest BCUT2D eigenvalue weighted by Crippen LogP contribution is 2.45. The molecule has 103 heavy (non-hydrogen) atoms. The summed E-state index contributed by atoms with van der Waals surface area (Å²) in [4.78, 5) is 73.0. The maximum absolute atomic E-state index is 13.1. The number of aliphatic hydroxyl groups excluding tert-OH is 1. The first-order valence-electron chi connectivity index (χ1n) is 43.5. The smallest absolute Gasteiger partial charge is 0.462 e. The second kappa shape index (κ2) is 75.5. The molecule has 0 aliphatic rings. The van der Waals surface area contributed by atoms with Gasteiger partial charge in [0.2, 0.25) is 0 Å². The van der Waals surface area contributed by atoms with E-state index in [9.17, 15) is 43.2 Å². The monoisotopic (exact) mass is 1510 g/mol. The maximum Gasteiger partial charge on any atom is 0.472 e. The Morgan fingerprint density at radius 1 is 0.262 bits per heavy atom. The third kappa shape index (κ3) is 78.0. The molecular formula is C84H164O17P2. The number of phosphoric ester groups is 2. The Morgan fingerprint density at radius 3 is 0.660 bits per heavy atom. The number of unbranched alkanes of at least 4 members (excludes halogenated alkanes) is 53. The number of esters is 4. The van der Waals surface area contributed by atoms with Crippen molar-refractivity contribution in [3.63, 3.8) is 0 Å². The summed E-state index contributed by atoms with van der Waals surface area (Å²) in [6.07, 6.45) is 66.9. The van der Waals surface area contributed by atoms with E-state index in [-0.39, 0.29) is 25.7 Å². The average Bonchev–Trinajstić information content (AvgIpc) is 0.933. The van der Waals surface area contributed by atoms with E-state index < -0.39 is 97.5 Å². The standard InChI is InChI=1S/C84H164O17P2/c1-7-9-11-13-15-16-17-18-19-20-21-22-23-24-25-28-34-39-44-50-56-62-68-84(89)101-80(73-95-82(87)67-61-55-49-43-38-33-29-26-27-31-36-41-47-52-58-64-76(3)4)75-99-103(92,93)97-71-78(85)70-96-102(90,91)98-74-79(72-94-81(86)66-60-54-46-14-12-10-8-2)100-83(88)69-63-57-51-45-40-35-30-32-37-42-48-53-59-65-77(5)6/h76-80,85H,7-75H2,1-6H3,(H,90,91)(H,92,93)/t78-,79+,80+/m0/s1. The van der Waals surface area contributed by atoms with E-state index in [0.29, 0.717) is 25.7 Å². The zero-order chi connectivity index (χ0) is 75.6. The first-order chi connectivity index (χ1) is 49.9. The fourth-order valence-electron chi connectivity index (χ4n) is 13.1. The van der Waals surface area contributed by atoms with Crippen LogP contribution in [0.5, 0.6) is 0 Å². The predicted molar refractivity (Wildman–Crippen MR) is 423 cm³/mol. The van der Waals surface area contributed by atoms with E-state index in [1.54, 1.807) is 0 Å². The first kappa shape index (κ1) is 101. The van der Waals surface area contributed by atoms with E-state index in [2.05, 4.69) is 41.5 Å². The second-order valence-electron chi connectivity index (χ2n) is 31.2. The first-order valence-corrected chi connectivity index (χ1v) is 46.5. The molecule has 3 N–H and O–H groups in total. The summed E-state index contributed by atoms with van der Waals surface area (Å²) in [5, 5.41) is 10.6. The summed E-state index contributed by atoms with van der Waals surface area (Å²) in [5.41, 5.74) is 0. The number of hydrogen-bond donors (Lipinski definition) is 3. The molecule has 0 aromatic rings. The molecule has 612 valence electrons. The van der Waals surface area contributed by atoms with Crippen molar-refractivity contribution in [2.75, 3.05) is 39.6 Å². The van der Waals surface area contributed by atoms with Crippen LogP contribution >= 0.6 is 15.6 Å². The second-order valence-corrected chi connectivity index (χ2v) is 34.1. The Labute approximate surface area is 632 Å². The Hall–Kier alpha value is -1.94. The maximum atomic E-state index is 13.1. The topological polar surface area (TPSA) is 237 Å². The van der Waals surface area contributed by atoms with Gasteiger partial charge in [0, 0.05) is 25.7 Å². The summed E-state index contributed by atoms with van der Waals surface area (Å²) in [6, 6.07) is 0. The molecule has 0 saturated carbocycles. The molecule has 0 aromatic heterocycles. The zero-order valence-corrected chi connectivity index (χ0v) is 69.4. The van der Waals surface area contributed by atoms with Gasteiger partial charge in [0.15, 0.2) is 12.2 Å². The van der Waals surface area contributed by atoms with Crippen molar-refractivity contribution in [3.8, 4) is 0 Å². The number of rotatable bonds is 83. The van der Waals surface area contributed by atoms with Crippen LogP contribution in [0.25, 0.3) is 0 Å². The van der Waals surface area contributed by atoms with Crippen molar-refractivity contribution in [1.29, 1.82) is 0 Å². The van der Waals surface area contributed by atoms with E-state index in [0.717, 1.165) is 115 Å². The van der Waals surface area contributed by atoms with E-state index >= 15 is 0 Å². The third-order valence-electron chi connectivity index (χ3n) is 19.7. The van der Waals surface area contributed by atoms with Crippen LogP contribution in [0.1, 0.15) is 446 Å². The number of carbonyl (C=O) groups excluding carboxylic acids is 4. The average molecular weight is 1510 g/mol. The molecule has 0 heterocycles. The fraction of sp³-hybridized carbons (Fsp3) is 0.952. The van der Waals surface area contributed by atoms with Gasteiger partial charge in [-0.2, -0.15) is 0 Å². The molecule has 0 fully saturated rings. The van der Waals surface area contributed by atoms with Gasteiger partial charge in [-0.15, -0.1) is 0 Å². The summed E-state index contributed by atoms with van der Waals surface area (Å²) in [5.74, 6) is -0.517. The van der Waals surface area contributed by atoms with Crippen molar-refractivity contribution in [2.24, 2.45) is 11.8 Å². The van der Waals surface area contributed by atoms with Crippen LogP contribution in [0.4, 0.5) is 0 Å². The van der Waals surface area contributed by atoms with Crippen molar-refractivity contribution in [3.05, 3.63) is 0 Å². The van der Waals surface area contributed by atoms with Crippen molar-refractivity contribution >= 4 is 39.5 Å². The zero-order valence-electron chi connectivity index (χ0n) is 67.6. The van der Waals surface area contributed by atoms with Crippen LogP contribution in [-0.2, 0) is 65.4 Å². The van der Waals surface area contributed by atoms with Gasteiger partial charge >= 0.3 is 39.5 Å². The largest absolute Gasteiger partial charge is 0.472 e. The molecule has 0 rings (SSSR count). The Bertz CT molecular complexity index is 1980. The minimum atomic E-state index is -4.96. The molecule has 2 unspecified atom stereocenters. The molecule has 0 aromatic carbocycles. The highest BCUT2D eigenvalue weighted by atomic mass is 31.2. The van der Waals surface area contributed by atoms with Crippen LogP contribution < -0.4 is 0 Å². The quantitative estimate of drug-likeness (QED) is 0.0222. The lowest BCUT2D eigenvalue weighted by Crippen LogP contribution is -2.30. The molecule has 5 atom stereocenters. The molecule has 0 aliphatic carbocycles. The lowest BCUT2D eigenvalue weighted by Gasteiger charge is -2.21. The summed E-state index contributed by atoms with van der Waals surface area (Å²) in [7, 11) is -9.92. The molecule has 0 aliphatic heterocycles. The van der Waals surface area contributed by atoms with Gasteiger partial charge in [-0.1, -0.05) is 395 Å². The van der Waals surface area contributed by atoms with Crippen LogP contribution in [0, 0.1) is 11.8 Å². The SMILES string of the molecule is CCCCCCCCCCCCCCCCCCCCCCCCC(=O)O[C@H](COC(=O)CCCCCCCCCCCCCCCCCC(C)C)COP(=O)(O)OC[C@@H](O)COP(=O)(O)OC[C@@H](COC(=O)CCCCCCCCC)OC(=O)CCCCCCCCCCCCCCCC(C)C. The molecule has 0 radical (unpaired) electrons. The molecule has 19 heteroatoms. The normalized spacial score (nSPS) is 13.9. The highest BCUT2D eigenvalue weighted by molar-refractivity contribution is 7.47. The lowest BCUT2D eigenvalue weighted by atomic mass is 10.0. The molecule has 17 nitrogen and oxygen atoms in total. The minimum Gasteiger partial charge on any atom is -0.462 e. The molecule has 0 saturated heterocycles. The van der Waals surface area contributed by atoms with Crippen molar-refractivity contribution < 1.29 is 80.2 Å². The number of aliphatic hydroxyl groups is 1. The molecular weight excluding hydrogens is 1340 g/mol. The van der Waals surface area contributed by atoms with E-state index in [1.807, 2.05) is 0 Å². The number of phosphoric acid groups is 2. The fourth-order valence-corrected chi connectivity index (χ4v) is 14.6. The Kier molecular flexibility index (Phi) is 74.1. The number of hydrogen-bond acceptors (Lipinski definition) is 15. The van der Waals surface area contributed by atoms with Gasteiger partial charge in [0.25, 0.3) is 0 Å². The van der Waals surface area contributed by atoms with Crippen molar-refractivity contribution in [1.82, 2.24) is 0 Å². The Morgan fingerprint density at radius 2 is 0.447 bits per heavy atom. The van der Waals surface area contributed by atoms with Gasteiger partial charge in [0.05, 0.1) is 26.4 Å². The van der Waals surface area contributed by atoms with Gasteiger partial charge in [-0.25, -0.2) is 9.13 Å². The van der Waals surface area contributed by atoms with Gasteiger partial charge in [0.1, 0.15) is 19.3 Å². The summed E-state index contributed by atoms with van der Waals surface area (Å²) >= 11 is 0. The molecule has 0 bridgehead atoms. The van der Waals surface area contributed by atoms with Crippen LogP contribution in [-0.4, -0.2) is 96.7 Å². The Balaban J connectivity index is 5.16. The summed E-state index contributed by atoms with van der Waals surface area (Å²) in [6.45, 7) is 9.65. The summed E-state index contributed by atoms with van der Waals surface area (Å²) < 4.78 is 68.7. The highest BCUT2D eigenvalue weighted by Gasteiger charge is 2.30. The van der Waals surface area contributed by atoms with Gasteiger partial charge in [-0.3, -0.25) is 37.3 Å². The predicted octanol–water partition coefficient (Wildman–Crippen LogP) is 25.5. The van der Waals surface area contributed by atoms with E-state index in [4.69, 9.17) is 37.0 Å².